The van der Waals surface area contributed by atoms with E-state index >= 15 is 0 Å². The van der Waals surface area contributed by atoms with Gasteiger partial charge in [0.2, 0.25) is 0 Å². The van der Waals surface area contributed by atoms with Crippen molar-refractivity contribution < 1.29 is 12.7 Å². The van der Waals surface area contributed by atoms with Crippen LogP contribution in [0, 0.1) is 20.8 Å². The summed E-state index contributed by atoms with van der Waals surface area (Å²) in [6.07, 6.45) is 3.43. The largest absolute Gasteiger partial charge is 0.357 e. The van der Waals surface area contributed by atoms with Crippen LogP contribution in [0.25, 0.3) is 12.2 Å². The molecule has 0 N–H and O–H groups in total. The molecule has 2 aromatic carbocycles. The Hall–Kier alpha value is -2.16. The minimum Gasteiger partial charge on any atom is -0.280 e. The summed E-state index contributed by atoms with van der Waals surface area (Å²) in [5, 5.41) is 0. The average molecular weight is 553 g/mol. The SMILES string of the molecule is Cc1ccc(S(=O)(=O)On2c(/C=C/c3cccc(C)c3)c(Br)c(C)c(Br)c2=O)cc1. The van der Waals surface area contributed by atoms with Crippen LogP contribution in [0.15, 0.2) is 67.2 Å². The Kier molecular flexibility index (Phi) is 6.69. The summed E-state index contributed by atoms with van der Waals surface area (Å²) in [5.74, 6) is 0. The number of nitrogens with zero attached hydrogens (tertiary/aromatic N) is 1. The van der Waals surface area contributed by atoms with Crippen molar-refractivity contribution >= 4 is 54.1 Å². The molecule has 8 heteroatoms. The third-order valence-electron chi connectivity index (χ3n) is 4.43. The molecular formula is C22H19Br2NO4S. The van der Waals surface area contributed by atoms with Gasteiger partial charge >= 0.3 is 10.1 Å². The van der Waals surface area contributed by atoms with Crippen LogP contribution in [-0.4, -0.2) is 13.1 Å². The predicted molar refractivity (Wildman–Crippen MR) is 126 cm³/mol. The lowest BCUT2D eigenvalue weighted by Gasteiger charge is -2.15. The molecule has 0 saturated carbocycles. The van der Waals surface area contributed by atoms with E-state index in [0.717, 1.165) is 21.4 Å². The van der Waals surface area contributed by atoms with E-state index in [1.807, 2.05) is 38.1 Å². The highest BCUT2D eigenvalue weighted by atomic mass is 79.9. The molecule has 5 nitrogen and oxygen atoms in total. The molecule has 0 aliphatic heterocycles. The molecule has 0 fully saturated rings. The summed E-state index contributed by atoms with van der Waals surface area (Å²) >= 11 is 6.69. The lowest BCUT2D eigenvalue weighted by atomic mass is 10.1. The zero-order chi connectivity index (χ0) is 22.1. The number of pyridine rings is 1. The second kappa shape index (κ2) is 8.91. The summed E-state index contributed by atoms with van der Waals surface area (Å²) in [4.78, 5) is 12.8. The Bertz CT molecular complexity index is 1290. The number of aryl methyl sites for hydroxylation is 2. The van der Waals surface area contributed by atoms with E-state index in [1.54, 1.807) is 31.2 Å². The van der Waals surface area contributed by atoms with Gasteiger partial charge in [0.15, 0.2) is 0 Å². The monoisotopic (exact) mass is 551 g/mol. The third-order valence-corrected chi connectivity index (χ3v) is 7.56. The fourth-order valence-electron chi connectivity index (χ4n) is 2.75. The molecule has 0 saturated heterocycles. The summed E-state index contributed by atoms with van der Waals surface area (Å²) in [6.45, 7) is 5.58. The van der Waals surface area contributed by atoms with Crippen LogP contribution >= 0.6 is 31.9 Å². The van der Waals surface area contributed by atoms with E-state index in [9.17, 15) is 13.2 Å². The van der Waals surface area contributed by atoms with E-state index in [2.05, 4.69) is 31.9 Å². The summed E-state index contributed by atoms with van der Waals surface area (Å²) < 4.78 is 32.4. The van der Waals surface area contributed by atoms with E-state index < -0.39 is 15.7 Å². The zero-order valence-electron chi connectivity index (χ0n) is 16.5. The summed E-state index contributed by atoms with van der Waals surface area (Å²) in [6, 6.07) is 14.0. The van der Waals surface area contributed by atoms with Gasteiger partial charge in [-0.2, -0.15) is 8.42 Å². The molecule has 0 aliphatic rings. The molecule has 0 bridgehead atoms. The quantitative estimate of drug-likeness (QED) is 0.431. The van der Waals surface area contributed by atoms with Gasteiger partial charge in [0.1, 0.15) is 10.6 Å². The molecule has 1 heterocycles. The third kappa shape index (κ3) is 4.77. The second-order valence-electron chi connectivity index (χ2n) is 6.83. The Morgan fingerprint density at radius 3 is 2.20 bits per heavy atom. The zero-order valence-corrected chi connectivity index (χ0v) is 20.5. The first kappa shape index (κ1) is 22.5. The van der Waals surface area contributed by atoms with Crippen LogP contribution in [0.2, 0.25) is 0 Å². The van der Waals surface area contributed by atoms with Crippen molar-refractivity contribution in [2.24, 2.45) is 0 Å². The highest BCUT2D eigenvalue weighted by Crippen LogP contribution is 2.27. The van der Waals surface area contributed by atoms with E-state index in [-0.39, 0.29) is 15.1 Å². The molecule has 1 aromatic heterocycles. The number of halogens is 2. The van der Waals surface area contributed by atoms with Gasteiger partial charge in [-0.3, -0.25) is 9.08 Å². The second-order valence-corrected chi connectivity index (χ2v) is 9.94. The maximum absolute atomic E-state index is 12.9. The van der Waals surface area contributed by atoms with Crippen LogP contribution in [-0.2, 0) is 10.1 Å². The van der Waals surface area contributed by atoms with Crippen molar-refractivity contribution in [3.8, 4) is 0 Å². The molecule has 0 radical (unpaired) electrons. The standard InChI is InChI=1S/C22H19Br2NO4S/c1-14-7-10-18(11-8-14)30(27,28)29-25-19(20(23)16(3)21(24)22(25)26)12-9-17-6-4-5-15(2)13-17/h4-13H,1-3H3/b12-9+. The number of hydrogen-bond acceptors (Lipinski definition) is 4. The van der Waals surface area contributed by atoms with Gasteiger partial charge in [0.05, 0.1) is 4.47 Å². The summed E-state index contributed by atoms with van der Waals surface area (Å²) in [5.41, 5.74) is 3.19. The Morgan fingerprint density at radius 1 is 0.900 bits per heavy atom. The van der Waals surface area contributed by atoms with E-state index in [0.29, 0.717) is 10.0 Å². The lowest BCUT2D eigenvalue weighted by Crippen LogP contribution is -2.34. The fourth-order valence-corrected chi connectivity index (χ4v) is 4.76. The van der Waals surface area contributed by atoms with Crippen LogP contribution in [0.3, 0.4) is 0 Å². The number of hydrogen-bond donors (Lipinski definition) is 0. The number of aromatic nitrogens is 1. The minimum absolute atomic E-state index is 0.0403. The van der Waals surface area contributed by atoms with Crippen LogP contribution in [0.4, 0.5) is 0 Å². The maximum atomic E-state index is 12.9. The molecule has 156 valence electrons. The van der Waals surface area contributed by atoms with E-state index in [1.165, 1.54) is 12.1 Å². The lowest BCUT2D eigenvalue weighted by molar-refractivity contribution is 0.263. The summed E-state index contributed by atoms with van der Waals surface area (Å²) in [7, 11) is -4.22. The first-order chi connectivity index (χ1) is 14.1. The molecule has 3 aromatic rings. The van der Waals surface area contributed by atoms with Crippen LogP contribution in [0.1, 0.15) is 27.9 Å². The Balaban J connectivity index is 2.13. The first-order valence-electron chi connectivity index (χ1n) is 8.97. The van der Waals surface area contributed by atoms with Gasteiger partial charge in [-0.1, -0.05) is 53.6 Å². The average Bonchev–Trinajstić information content (AvgIpc) is 2.70. The van der Waals surface area contributed by atoms with Crippen molar-refractivity contribution in [1.29, 1.82) is 0 Å². The highest BCUT2D eigenvalue weighted by Gasteiger charge is 2.23. The van der Waals surface area contributed by atoms with E-state index in [4.69, 9.17) is 4.28 Å². The normalized spacial score (nSPS) is 11.8. The van der Waals surface area contributed by atoms with Gasteiger partial charge < -0.3 is 0 Å². The molecule has 30 heavy (non-hydrogen) atoms. The molecule has 0 atom stereocenters. The van der Waals surface area contributed by atoms with Crippen molar-refractivity contribution in [3.05, 3.63) is 95.8 Å². The predicted octanol–water partition coefficient (Wildman–Crippen LogP) is 5.29. The van der Waals surface area contributed by atoms with Crippen LogP contribution in [0.5, 0.6) is 0 Å². The van der Waals surface area contributed by atoms with Gasteiger partial charge in [-0.15, -0.1) is 4.73 Å². The molecule has 0 aliphatic carbocycles. The molecule has 0 amide bonds. The van der Waals surface area contributed by atoms with Gasteiger partial charge in [-0.25, -0.2) is 0 Å². The molecule has 0 unspecified atom stereocenters. The van der Waals surface area contributed by atoms with Gasteiger partial charge in [-0.05, 0) is 82.0 Å². The molecule has 0 spiro atoms. The highest BCUT2D eigenvalue weighted by molar-refractivity contribution is 9.11. The number of rotatable bonds is 5. The Morgan fingerprint density at radius 2 is 1.57 bits per heavy atom. The topological polar surface area (TPSA) is 65.4 Å². The van der Waals surface area contributed by atoms with Crippen LogP contribution < -0.4 is 9.84 Å². The fraction of sp³-hybridized carbons (Fsp3) is 0.136. The minimum atomic E-state index is -4.22. The van der Waals surface area contributed by atoms with Gasteiger partial charge in [0.25, 0.3) is 5.56 Å². The van der Waals surface area contributed by atoms with Gasteiger partial charge in [0, 0.05) is 4.47 Å². The van der Waals surface area contributed by atoms with Crippen molar-refractivity contribution in [2.75, 3.05) is 0 Å². The first-order valence-corrected chi connectivity index (χ1v) is 12.0. The molecule has 3 rings (SSSR count). The van der Waals surface area contributed by atoms with Crippen molar-refractivity contribution in [3.63, 3.8) is 0 Å². The number of benzene rings is 2. The van der Waals surface area contributed by atoms with Crippen molar-refractivity contribution in [2.45, 2.75) is 25.7 Å². The maximum Gasteiger partial charge on any atom is 0.357 e. The van der Waals surface area contributed by atoms with Crippen molar-refractivity contribution in [1.82, 2.24) is 4.73 Å². The Labute approximate surface area is 192 Å². The molecular weight excluding hydrogens is 534 g/mol. The smallest absolute Gasteiger partial charge is 0.280 e.